The van der Waals surface area contributed by atoms with Crippen molar-refractivity contribution in [3.63, 3.8) is 0 Å². The van der Waals surface area contributed by atoms with Crippen LogP contribution in [0.2, 0.25) is 0 Å². The average Bonchev–Trinajstić information content (AvgIpc) is 2.54. The third kappa shape index (κ3) is 3.21. The minimum absolute atomic E-state index is 0.511. The molecule has 0 heterocycles. The molecule has 21 heavy (non-hydrogen) atoms. The Hall–Kier alpha value is -1.96. The third-order valence-corrected chi connectivity index (χ3v) is 4.14. The number of benzene rings is 2. The second kappa shape index (κ2) is 6.66. The maximum Gasteiger partial charge on any atom is 0.119 e. The second-order valence-corrected chi connectivity index (χ2v) is 5.44. The van der Waals surface area contributed by atoms with E-state index in [1.807, 2.05) is 12.1 Å². The van der Waals surface area contributed by atoms with Crippen LogP contribution in [0.3, 0.4) is 0 Å². The van der Waals surface area contributed by atoms with Gasteiger partial charge in [0.15, 0.2) is 0 Å². The van der Waals surface area contributed by atoms with Crippen LogP contribution >= 0.6 is 0 Å². The van der Waals surface area contributed by atoms with Gasteiger partial charge in [0, 0.05) is 0 Å². The molecule has 0 radical (unpaired) electrons. The lowest BCUT2D eigenvalue weighted by Gasteiger charge is -2.18. The molecule has 2 aromatic rings. The van der Waals surface area contributed by atoms with Gasteiger partial charge in [0.05, 0.1) is 14.2 Å². The molecule has 2 aromatic carbocycles. The van der Waals surface area contributed by atoms with Crippen LogP contribution in [-0.2, 0) is 0 Å². The third-order valence-electron chi connectivity index (χ3n) is 4.14. The second-order valence-electron chi connectivity index (χ2n) is 5.44. The Morgan fingerprint density at radius 2 is 1.48 bits per heavy atom. The zero-order chi connectivity index (χ0) is 15.4. The highest BCUT2D eigenvalue weighted by Gasteiger charge is 2.14. The Balaban J connectivity index is 2.65. The van der Waals surface area contributed by atoms with Gasteiger partial charge in [-0.25, -0.2) is 0 Å². The average molecular weight is 284 g/mol. The van der Waals surface area contributed by atoms with Gasteiger partial charge < -0.3 is 9.47 Å². The largest absolute Gasteiger partial charge is 0.497 e. The Bertz CT molecular complexity index is 617. The molecule has 1 unspecified atom stereocenters. The van der Waals surface area contributed by atoms with Gasteiger partial charge in [0.25, 0.3) is 0 Å². The summed E-state index contributed by atoms with van der Waals surface area (Å²) in [7, 11) is 3.41. The normalized spacial score (nSPS) is 12.0. The lowest BCUT2D eigenvalue weighted by atomic mass is 9.88. The van der Waals surface area contributed by atoms with E-state index in [0.717, 1.165) is 17.9 Å². The van der Waals surface area contributed by atoms with Crippen LogP contribution in [-0.4, -0.2) is 14.2 Å². The van der Waals surface area contributed by atoms with E-state index in [9.17, 15) is 0 Å². The first-order valence-corrected chi connectivity index (χ1v) is 7.43. The molecular formula is C19H24O2. The summed E-state index contributed by atoms with van der Waals surface area (Å²) in [5, 5.41) is 0. The van der Waals surface area contributed by atoms with Crippen LogP contribution < -0.4 is 9.47 Å². The molecule has 0 spiro atoms. The van der Waals surface area contributed by atoms with Gasteiger partial charge in [-0.05, 0) is 65.8 Å². The van der Waals surface area contributed by atoms with E-state index >= 15 is 0 Å². The standard InChI is InChI=1S/C19H24O2/c1-6-13(2)17-10-9-16(21-5)12-19(17)18-11-15(20-4)8-7-14(18)3/h7-13H,6H2,1-5H3. The van der Waals surface area contributed by atoms with Gasteiger partial charge in [-0.1, -0.05) is 26.0 Å². The molecule has 0 aliphatic rings. The van der Waals surface area contributed by atoms with Crippen molar-refractivity contribution in [1.82, 2.24) is 0 Å². The lowest BCUT2D eigenvalue weighted by molar-refractivity contribution is 0.414. The summed E-state index contributed by atoms with van der Waals surface area (Å²) in [6.45, 7) is 6.62. The van der Waals surface area contributed by atoms with Gasteiger partial charge in [-0.2, -0.15) is 0 Å². The fourth-order valence-electron chi connectivity index (χ4n) is 2.56. The number of rotatable bonds is 5. The maximum absolute atomic E-state index is 5.41. The van der Waals surface area contributed by atoms with Crippen molar-refractivity contribution in [2.75, 3.05) is 14.2 Å². The van der Waals surface area contributed by atoms with Crippen molar-refractivity contribution < 1.29 is 9.47 Å². The van der Waals surface area contributed by atoms with Crippen LogP contribution in [0, 0.1) is 6.92 Å². The van der Waals surface area contributed by atoms with Crippen molar-refractivity contribution in [3.8, 4) is 22.6 Å². The minimum Gasteiger partial charge on any atom is -0.497 e. The van der Waals surface area contributed by atoms with Crippen LogP contribution in [0.15, 0.2) is 36.4 Å². The van der Waals surface area contributed by atoms with Crippen LogP contribution in [0.25, 0.3) is 11.1 Å². The van der Waals surface area contributed by atoms with Gasteiger partial charge in [-0.3, -0.25) is 0 Å². The SMILES string of the molecule is CCC(C)c1ccc(OC)cc1-c1cc(OC)ccc1C. The first kappa shape index (κ1) is 15.4. The molecule has 2 nitrogen and oxygen atoms in total. The Labute approximate surface area is 127 Å². The summed E-state index contributed by atoms with van der Waals surface area (Å²) < 4.78 is 10.8. The van der Waals surface area contributed by atoms with E-state index in [-0.39, 0.29) is 0 Å². The summed E-state index contributed by atoms with van der Waals surface area (Å²) in [5.74, 6) is 2.28. The van der Waals surface area contributed by atoms with E-state index < -0.39 is 0 Å². The number of hydrogen-bond acceptors (Lipinski definition) is 2. The molecule has 2 heteroatoms. The van der Waals surface area contributed by atoms with E-state index in [1.54, 1.807) is 14.2 Å². The highest BCUT2D eigenvalue weighted by Crippen LogP contribution is 2.36. The van der Waals surface area contributed by atoms with Crippen molar-refractivity contribution in [3.05, 3.63) is 47.5 Å². The smallest absolute Gasteiger partial charge is 0.119 e. The van der Waals surface area contributed by atoms with E-state index in [4.69, 9.17) is 9.47 Å². The molecule has 0 saturated carbocycles. The monoisotopic (exact) mass is 284 g/mol. The molecular weight excluding hydrogens is 260 g/mol. The van der Waals surface area contributed by atoms with Crippen LogP contribution in [0.4, 0.5) is 0 Å². The number of methoxy groups -OCH3 is 2. The van der Waals surface area contributed by atoms with Gasteiger partial charge in [0.1, 0.15) is 11.5 Å². The molecule has 0 N–H and O–H groups in total. The first-order valence-electron chi connectivity index (χ1n) is 7.43. The number of aryl methyl sites for hydroxylation is 1. The van der Waals surface area contributed by atoms with Crippen molar-refractivity contribution >= 4 is 0 Å². The van der Waals surface area contributed by atoms with E-state index in [1.165, 1.54) is 22.3 Å². The van der Waals surface area contributed by atoms with E-state index in [0.29, 0.717) is 5.92 Å². The predicted molar refractivity (Wildman–Crippen MR) is 88.4 cm³/mol. The highest BCUT2D eigenvalue weighted by molar-refractivity contribution is 5.74. The molecule has 1 atom stereocenters. The Morgan fingerprint density at radius 1 is 0.905 bits per heavy atom. The first-order chi connectivity index (χ1) is 10.1. The Morgan fingerprint density at radius 3 is 2.05 bits per heavy atom. The molecule has 0 saturated heterocycles. The lowest BCUT2D eigenvalue weighted by Crippen LogP contribution is -1.98. The highest BCUT2D eigenvalue weighted by atomic mass is 16.5. The fraction of sp³-hybridized carbons (Fsp3) is 0.368. The molecule has 2 rings (SSSR count). The van der Waals surface area contributed by atoms with Crippen LogP contribution in [0.5, 0.6) is 11.5 Å². The Kier molecular flexibility index (Phi) is 4.89. The summed E-state index contributed by atoms with van der Waals surface area (Å²) in [6, 6.07) is 12.6. The van der Waals surface area contributed by atoms with Gasteiger partial charge >= 0.3 is 0 Å². The van der Waals surface area contributed by atoms with Crippen molar-refractivity contribution in [2.24, 2.45) is 0 Å². The number of ether oxygens (including phenoxy) is 2. The minimum atomic E-state index is 0.511. The summed E-state index contributed by atoms with van der Waals surface area (Å²) in [6.07, 6.45) is 1.11. The summed E-state index contributed by atoms with van der Waals surface area (Å²) >= 11 is 0. The van der Waals surface area contributed by atoms with Crippen LogP contribution in [0.1, 0.15) is 37.3 Å². The zero-order valence-electron chi connectivity index (χ0n) is 13.6. The van der Waals surface area contributed by atoms with Gasteiger partial charge in [-0.15, -0.1) is 0 Å². The molecule has 0 amide bonds. The zero-order valence-corrected chi connectivity index (χ0v) is 13.6. The summed E-state index contributed by atoms with van der Waals surface area (Å²) in [4.78, 5) is 0. The van der Waals surface area contributed by atoms with E-state index in [2.05, 4.69) is 45.0 Å². The number of hydrogen-bond donors (Lipinski definition) is 0. The topological polar surface area (TPSA) is 18.5 Å². The van der Waals surface area contributed by atoms with Crippen molar-refractivity contribution in [2.45, 2.75) is 33.1 Å². The van der Waals surface area contributed by atoms with Crippen molar-refractivity contribution in [1.29, 1.82) is 0 Å². The summed E-state index contributed by atoms with van der Waals surface area (Å²) in [5.41, 5.74) is 5.05. The quantitative estimate of drug-likeness (QED) is 0.752. The maximum atomic E-state index is 5.41. The van der Waals surface area contributed by atoms with Gasteiger partial charge in [0.2, 0.25) is 0 Å². The fourth-order valence-corrected chi connectivity index (χ4v) is 2.56. The molecule has 0 fully saturated rings. The molecule has 112 valence electrons. The molecule has 0 aliphatic carbocycles. The molecule has 0 bridgehead atoms. The molecule has 0 aromatic heterocycles. The predicted octanol–water partition coefficient (Wildman–Crippen LogP) is 5.19. The molecule has 0 aliphatic heterocycles.